The molecule has 0 saturated heterocycles. The van der Waals surface area contributed by atoms with Gasteiger partial charge in [-0.1, -0.05) is 43.9 Å². The lowest BCUT2D eigenvalue weighted by molar-refractivity contribution is 0.826. The predicted molar refractivity (Wildman–Crippen MR) is 95.3 cm³/mol. The molecule has 0 unspecified atom stereocenters. The molecule has 0 saturated carbocycles. The molecule has 0 aromatic carbocycles. The van der Waals surface area contributed by atoms with Gasteiger partial charge in [0.2, 0.25) is 0 Å². The normalized spacial score (nSPS) is 12.0. The first-order chi connectivity index (χ1) is 8.24. The summed E-state index contributed by atoms with van der Waals surface area (Å²) in [5.74, 6) is 3.17. The molecule has 0 heterocycles. The Kier molecular flexibility index (Phi) is 13.2. The Morgan fingerprint density at radius 1 is 0.647 bits per heavy atom. The molecule has 4 heteroatoms. The minimum Gasteiger partial charge on any atom is -0.179 e. The number of hydrogen-bond acceptors (Lipinski definition) is 3. The van der Waals surface area contributed by atoms with Crippen molar-refractivity contribution >= 4 is 46.0 Å². The van der Waals surface area contributed by atoms with E-state index in [4.69, 9.17) is 0 Å². The maximum absolute atomic E-state index is 4.40. The summed E-state index contributed by atoms with van der Waals surface area (Å²) in [5.41, 5.74) is 0. The summed E-state index contributed by atoms with van der Waals surface area (Å²) in [4.78, 5) is 0. The van der Waals surface area contributed by atoms with E-state index in [0.717, 1.165) is 17.3 Å². The Labute approximate surface area is 126 Å². The van der Waals surface area contributed by atoms with E-state index in [1.807, 2.05) is 0 Å². The summed E-state index contributed by atoms with van der Waals surface area (Å²) >= 11 is 13.2. The van der Waals surface area contributed by atoms with Crippen LogP contribution in [0.4, 0.5) is 0 Å². The Hall–Kier alpha value is 1.27. The van der Waals surface area contributed by atoms with Crippen LogP contribution in [-0.4, -0.2) is 25.3 Å². The fourth-order valence-corrected chi connectivity index (χ4v) is 9.41. The minimum absolute atomic E-state index is 1.03. The Morgan fingerprint density at radius 2 is 1.00 bits per heavy atom. The number of unbranched alkanes of at least 4 members (excludes halogenated alkanes) is 1. The molecule has 0 rings (SSSR count). The zero-order valence-corrected chi connectivity index (χ0v) is 15.0. The van der Waals surface area contributed by atoms with Crippen molar-refractivity contribution in [2.75, 3.05) is 17.3 Å². The molecule has 0 amide bonds. The third-order valence-corrected chi connectivity index (χ3v) is 10.3. The van der Waals surface area contributed by atoms with Gasteiger partial charge in [0.1, 0.15) is 0 Å². The van der Waals surface area contributed by atoms with Crippen LogP contribution >= 0.6 is 37.9 Å². The summed E-state index contributed by atoms with van der Waals surface area (Å²) in [6.45, 7) is 2.31. The van der Waals surface area contributed by atoms with Gasteiger partial charge in [0, 0.05) is 0 Å². The van der Waals surface area contributed by atoms with Crippen LogP contribution < -0.4 is 0 Å². The van der Waals surface area contributed by atoms with E-state index in [0.29, 0.717) is 0 Å². The summed E-state index contributed by atoms with van der Waals surface area (Å²) in [6.07, 6.45) is 6.73. The van der Waals surface area contributed by atoms with Crippen LogP contribution in [0, 0.1) is 0 Å². The molecule has 17 heavy (non-hydrogen) atoms. The molecular weight excluding hydrogens is 280 g/mol. The largest absolute Gasteiger partial charge is 0.179 e. The lowest BCUT2D eigenvalue weighted by Gasteiger charge is -2.32. The van der Waals surface area contributed by atoms with Gasteiger partial charge < -0.3 is 0 Å². The van der Waals surface area contributed by atoms with E-state index in [1.54, 1.807) is 0 Å². The van der Waals surface area contributed by atoms with Crippen LogP contribution in [0.15, 0.2) is 0 Å². The SMILES string of the molecule is CCCC[Si](CCCS)(CCCS)CCCS. The first-order valence-electron chi connectivity index (χ1n) is 7.07. The van der Waals surface area contributed by atoms with Crippen molar-refractivity contribution in [3.05, 3.63) is 0 Å². The van der Waals surface area contributed by atoms with E-state index in [9.17, 15) is 0 Å². The molecule has 104 valence electrons. The highest BCUT2D eigenvalue weighted by Gasteiger charge is 2.29. The predicted octanol–water partition coefficient (Wildman–Crippen LogP) is 5.20. The second-order valence-electron chi connectivity index (χ2n) is 5.09. The van der Waals surface area contributed by atoms with Crippen molar-refractivity contribution in [2.24, 2.45) is 0 Å². The van der Waals surface area contributed by atoms with Gasteiger partial charge >= 0.3 is 0 Å². The van der Waals surface area contributed by atoms with E-state index in [1.165, 1.54) is 56.3 Å². The van der Waals surface area contributed by atoms with Crippen molar-refractivity contribution in [1.29, 1.82) is 0 Å². The number of rotatable bonds is 12. The number of thiol groups is 3. The molecule has 0 spiro atoms. The van der Waals surface area contributed by atoms with Crippen molar-refractivity contribution in [1.82, 2.24) is 0 Å². The molecule has 0 radical (unpaired) electrons. The van der Waals surface area contributed by atoms with Gasteiger partial charge in [-0.05, 0) is 36.5 Å². The molecule has 0 atom stereocenters. The molecule has 0 bridgehead atoms. The van der Waals surface area contributed by atoms with Gasteiger partial charge in [0.15, 0.2) is 0 Å². The Morgan fingerprint density at radius 3 is 1.29 bits per heavy atom. The van der Waals surface area contributed by atoms with Crippen LogP contribution in [0.5, 0.6) is 0 Å². The molecular formula is C13H30S3Si. The third kappa shape index (κ3) is 8.90. The first-order valence-corrected chi connectivity index (χ1v) is 11.8. The standard InChI is InChI=1S/C13H30S3Si/c1-2-3-10-17(11-4-7-14,12-5-8-15)13-6-9-16/h14-16H,2-13H2,1H3. The van der Waals surface area contributed by atoms with Gasteiger partial charge in [0.05, 0.1) is 8.07 Å². The van der Waals surface area contributed by atoms with Gasteiger partial charge in [-0.15, -0.1) is 0 Å². The Bertz CT molecular complexity index is 127. The van der Waals surface area contributed by atoms with E-state index >= 15 is 0 Å². The highest BCUT2D eigenvalue weighted by Crippen LogP contribution is 2.32. The van der Waals surface area contributed by atoms with Crippen LogP contribution in [0.1, 0.15) is 39.0 Å². The summed E-state index contributed by atoms with van der Waals surface area (Å²) in [6, 6.07) is 5.98. The lowest BCUT2D eigenvalue weighted by atomic mass is 10.4. The number of hydrogen-bond donors (Lipinski definition) is 3. The Balaban J connectivity index is 4.39. The quantitative estimate of drug-likeness (QED) is 0.320. The van der Waals surface area contributed by atoms with Crippen LogP contribution in [0.25, 0.3) is 0 Å². The van der Waals surface area contributed by atoms with Gasteiger partial charge in [0.25, 0.3) is 0 Å². The van der Waals surface area contributed by atoms with E-state index < -0.39 is 8.07 Å². The molecule has 0 aromatic rings. The van der Waals surface area contributed by atoms with Gasteiger partial charge in [-0.25, -0.2) is 0 Å². The maximum atomic E-state index is 4.40. The molecule has 0 N–H and O–H groups in total. The smallest absolute Gasteiger partial charge is 0.0536 e. The molecule has 0 aliphatic heterocycles. The molecule has 0 aromatic heterocycles. The first kappa shape index (κ1) is 18.3. The highest BCUT2D eigenvalue weighted by molar-refractivity contribution is 7.80. The summed E-state index contributed by atoms with van der Waals surface area (Å²) < 4.78 is 0. The third-order valence-electron chi connectivity index (χ3n) is 3.66. The van der Waals surface area contributed by atoms with E-state index in [-0.39, 0.29) is 0 Å². The van der Waals surface area contributed by atoms with Crippen molar-refractivity contribution in [3.8, 4) is 0 Å². The van der Waals surface area contributed by atoms with Crippen LogP contribution in [-0.2, 0) is 0 Å². The van der Waals surface area contributed by atoms with Crippen molar-refractivity contribution in [3.63, 3.8) is 0 Å². The average Bonchev–Trinajstić information content (AvgIpc) is 2.37. The van der Waals surface area contributed by atoms with Gasteiger partial charge in [-0.2, -0.15) is 37.9 Å². The summed E-state index contributed by atoms with van der Waals surface area (Å²) in [5, 5.41) is 0. The zero-order valence-electron chi connectivity index (χ0n) is 11.3. The van der Waals surface area contributed by atoms with Crippen molar-refractivity contribution in [2.45, 2.75) is 63.2 Å². The lowest BCUT2D eigenvalue weighted by Crippen LogP contribution is -2.34. The minimum atomic E-state index is -1.03. The monoisotopic (exact) mass is 310 g/mol. The molecule has 0 nitrogen and oxygen atoms in total. The fourth-order valence-electron chi connectivity index (χ4n) is 2.66. The second-order valence-corrected chi connectivity index (χ2v) is 11.4. The van der Waals surface area contributed by atoms with Crippen LogP contribution in [0.2, 0.25) is 24.2 Å². The fraction of sp³-hybridized carbons (Fsp3) is 1.00. The summed E-state index contributed by atoms with van der Waals surface area (Å²) in [7, 11) is -1.03. The van der Waals surface area contributed by atoms with Crippen LogP contribution in [0.3, 0.4) is 0 Å². The molecule has 0 aliphatic rings. The maximum Gasteiger partial charge on any atom is 0.0536 e. The van der Waals surface area contributed by atoms with E-state index in [2.05, 4.69) is 44.8 Å². The highest BCUT2D eigenvalue weighted by atomic mass is 32.1. The topological polar surface area (TPSA) is 0 Å². The molecule has 0 aliphatic carbocycles. The van der Waals surface area contributed by atoms with Gasteiger partial charge in [-0.3, -0.25) is 0 Å². The molecule has 0 fully saturated rings. The zero-order chi connectivity index (χ0) is 13.0. The second kappa shape index (κ2) is 12.3. The van der Waals surface area contributed by atoms with Crippen molar-refractivity contribution < 1.29 is 0 Å². The average molecular weight is 311 g/mol.